The number of nitrogens with zero attached hydrogens (tertiary/aromatic N) is 6. The minimum atomic E-state index is -0.250. The molecule has 17 heteroatoms. The summed E-state index contributed by atoms with van der Waals surface area (Å²) < 4.78 is 60.3. The Morgan fingerprint density at radius 2 is 0.398 bits per heavy atom. The van der Waals surface area contributed by atoms with E-state index in [1.54, 1.807) is 0 Å². The van der Waals surface area contributed by atoms with E-state index in [9.17, 15) is 0 Å². The molecular formula is C116H147N9O8. The molecule has 10 aromatic rings. The molecule has 5 aliphatic rings. The standard InChI is InChI=1S/C116H147N9O8/c1-6-10-14-18-22-26-30-34-47-57-94-98-73-99-95(58-48-35-31-27-23-19-15-11-7-2)101-75-103-97(60-50-37-33-29-25-21-17-13-9-4)105-76-104-96(59-49-36-32-28-24-20-16-12-8-3)102-74-100(94)111-106(77-117-85-61-67-91(68-62-85)123-120-88-51-41-38-42-52-88)113(102)130-82-132-115(104)108(79-119-87-65-71-93(72-66-87)125-122-90-55-45-40-46-56-90)116(105)133-83-131-114(103)107(112(101)129-81-127-110(99)84(5)109(98)126-80-128-111)78-118-86-63-69-92(70-64-86)124-121-89-53-43-39-44-54-89/h38-46,51-56,61-76,94-97,117-119H,6-37,47-50,57-60,77-83H2,1-5H3. The van der Waals surface area contributed by atoms with Gasteiger partial charge in [0.25, 0.3) is 0 Å². The van der Waals surface area contributed by atoms with Crippen LogP contribution >= 0.6 is 0 Å². The Bertz CT molecular complexity index is 5050. The Morgan fingerprint density at radius 3 is 0.609 bits per heavy atom. The van der Waals surface area contributed by atoms with Gasteiger partial charge in [0, 0.05) is 110 Å². The lowest BCUT2D eigenvalue weighted by molar-refractivity contribution is 0.0949. The first-order valence-electron chi connectivity index (χ1n) is 51.5. The van der Waals surface area contributed by atoms with E-state index in [1.165, 1.54) is 167 Å². The second kappa shape index (κ2) is 51.9. The summed E-state index contributed by atoms with van der Waals surface area (Å²) in [4.78, 5) is 0. The van der Waals surface area contributed by atoms with Crippen LogP contribution in [-0.4, -0.2) is 27.2 Å². The van der Waals surface area contributed by atoms with Gasteiger partial charge in [-0.3, -0.25) is 0 Å². The number of hydrogen-bond acceptors (Lipinski definition) is 17. The Morgan fingerprint density at radius 1 is 0.218 bits per heavy atom. The fraction of sp³-hybridized carbons (Fsp3) is 0.483. The molecular weight excluding hydrogens is 1650 g/mol. The smallest absolute Gasteiger partial charge is 0.230 e. The van der Waals surface area contributed by atoms with E-state index in [2.05, 4.69) is 137 Å². The Hall–Kier alpha value is -11.2. The van der Waals surface area contributed by atoms with Gasteiger partial charge in [-0.15, -0.1) is 0 Å². The Kier molecular flexibility index (Phi) is 37.6. The van der Waals surface area contributed by atoms with Crippen molar-refractivity contribution < 1.29 is 37.9 Å². The number of unbranched alkanes of at least 4 members (excludes halogenated alkanes) is 32. The molecule has 0 fully saturated rings. The van der Waals surface area contributed by atoms with Crippen LogP contribution in [-0.2, 0) is 19.6 Å². The summed E-state index contributed by atoms with van der Waals surface area (Å²) >= 11 is 0. The molecule has 0 radical (unpaired) electrons. The highest BCUT2D eigenvalue weighted by atomic mass is 16.7. The lowest BCUT2D eigenvalue weighted by Crippen LogP contribution is -2.26. The fourth-order valence-corrected chi connectivity index (χ4v) is 20.5. The molecule has 133 heavy (non-hydrogen) atoms. The summed E-state index contributed by atoms with van der Waals surface area (Å²) in [5.74, 6) is 5.39. The lowest BCUT2D eigenvalue weighted by Gasteiger charge is -2.38. The number of nitrogens with one attached hydrogen (secondary N) is 3. The zero-order valence-corrected chi connectivity index (χ0v) is 80.4. The zero-order valence-electron chi connectivity index (χ0n) is 80.4. The van der Waals surface area contributed by atoms with Crippen molar-refractivity contribution in [1.82, 2.24) is 0 Å². The van der Waals surface area contributed by atoms with Crippen LogP contribution in [0.5, 0.6) is 46.0 Å². The van der Waals surface area contributed by atoms with Crippen LogP contribution in [0.4, 0.5) is 51.2 Å². The van der Waals surface area contributed by atoms with Crippen molar-refractivity contribution in [2.24, 2.45) is 30.7 Å². The van der Waals surface area contributed by atoms with E-state index in [-0.39, 0.29) is 50.8 Å². The Balaban J connectivity index is 0.968. The van der Waals surface area contributed by atoms with E-state index < -0.39 is 0 Å². The SMILES string of the molecule is CCCCCCCCCCCC1c2cc3c4c(C)c2OCOc2c1cc1c(c2CNc2ccc(N=Nc5ccccc5)cc2)OCOc2c(cc5c(c2CNc2ccc(N=Nc6ccccc6)cc2)OCOc2c(cc(c(c2CNc2ccc(N=Nc6ccccc6)cc2)OCO4)C3CCCCCCCCCCC)C5CCCCCCCCCCC)C1CCCCCCCCCCC. The predicted octanol–water partition coefficient (Wildman–Crippen LogP) is 35.5. The number of azo groups is 3. The second-order valence-corrected chi connectivity index (χ2v) is 37.5. The molecule has 704 valence electrons. The molecule has 15 rings (SSSR count). The van der Waals surface area contributed by atoms with Crippen molar-refractivity contribution in [3.63, 3.8) is 0 Å². The summed E-state index contributed by atoms with van der Waals surface area (Å²) in [6, 6.07) is 64.9. The van der Waals surface area contributed by atoms with E-state index in [0.717, 1.165) is 254 Å². The number of rotatable bonds is 55. The fourth-order valence-electron chi connectivity index (χ4n) is 20.5. The second-order valence-electron chi connectivity index (χ2n) is 37.5. The quantitative estimate of drug-likeness (QED) is 0.0243. The topological polar surface area (TPSA) is 184 Å². The number of hydrogen-bond donors (Lipinski definition) is 3. The summed E-state index contributed by atoms with van der Waals surface area (Å²) in [5.41, 5.74) is 20.3. The molecule has 4 atom stereocenters. The van der Waals surface area contributed by atoms with Gasteiger partial charge in [0.1, 0.15) is 46.0 Å². The van der Waals surface area contributed by atoms with E-state index in [1.807, 2.05) is 127 Å². The largest absolute Gasteiger partial charge is 0.457 e. The first kappa shape index (κ1) is 96.4. The van der Waals surface area contributed by atoms with Gasteiger partial charge in [0.15, 0.2) is 0 Å². The first-order chi connectivity index (χ1) is 65.8. The monoisotopic (exact) mass is 1790 g/mol. The van der Waals surface area contributed by atoms with Crippen LogP contribution in [0.3, 0.4) is 0 Å². The van der Waals surface area contributed by atoms with Crippen LogP contribution in [0.15, 0.2) is 219 Å². The maximum atomic E-state index is 7.63. The van der Waals surface area contributed by atoms with Crippen LogP contribution in [0.25, 0.3) is 0 Å². The molecule has 0 saturated heterocycles. The molecule has 0 aromatic heterocycles. The van der Waals surface area contributed by atoms with Crippen molar-refractivity contribution in [2.75, 3.05) is 43.1 Å². The van der Waals surface area contributed by atoms with Crippen molar-refractivity contribution in [2.45, 2.75) is 335 Å². The summed E-state index contributed by atoms with van der Waals surface area (Å²) in [6.07, 6.45) is 46.6. The number of anilines is 3. The van der Waals surface area contributed by atoms with Crippen molar-refractivity contribution >= 4 is 51.2 Å². The molecule has 0 saturated carbocycles. The van der Waals surface area contributed by atoms with Gasteiger partial charge >= 0.3 is 0 Å². The van der Waals surface area contributed by atoms with Crippen LogP contribution in [0, 0.1) is 6.92 Å². The maximum absolute atomic E-state index is 7.63. The van der Waals surface area contributed by atoms with E-state index in [4.69, 9.17) is 43.0 Å². The third-order valence-electron chi connectivity index (χ3n) is 27.8. The third kappa shape index (κ3) is 26.7. The molecule has 0 spiro atoms. The van der Waals surface area contributed by atoms with Gasteiger partial charge in [-0.2, -0.15) is 30.7 Å². The molecule has 3 N–H and O–H groups in total. The van der Waals surface area contributed by atoms with Crippen molar-refractivity contribution in [3.05, 3.63) is 255 Å². The molecule has 17 nitrogen and oxygen atoms in total. The van der Waals surface area contributed by atoms with Gasteiger partial charge in [-0.25, -0.2) is 0 Å². The number of ether oxygens (including phenoxy) is 8. The molecule has 8 bridgehead atoms. The normalized spacial score (nSPS) is 15.6. The van der Waals surface area contributed by atoms with Crippen LogP contribution < -0.4 is 53.8 Å². The van der Waals surface area contributed by atoms with Crippen molar-refractivity contribution in [3.8, 4) is 46.0 Å². The molecule has 4 aliphatic heterocycles. The Labute approximate surface area is 793 Å². The highest BCUT2D eigenvalue weighted by Crippen LogP contribution is 2.59. The average molecular weight is 1800 g/mol. The highest BCUT2D eigenvalue weighted by molar-refractivity contribution is 5.71. The summed E-state index contributed by atoms with van der Waals surface area (Å²) in [6.45, 7) is 12.3. The van der Waals surface area contributed by atoms with Gasteiger partial charge in [-0.05, 0) is 166 Å². The molecule has 4 unspecified atom stereocenters. The minimum Gasteiger partial charge on any atom is -0.457 e. The van der Waals surface area contributed by atoms with Crippen molar-refractivity contribution in [1.29, 1.82) is 0 Å². The van der Waals surface area contributed by atoms with E-state index >= 15 is 0 Å². The van der Waals surface area contributed by atoms with Crippen LogP contribution in [0.2, 0.25) is 0 Å². The molecule has 10 aromatic carbocycles. The summed E-state index contributed by atoms with van der Waals surface area (Å²) in [7, 11) is 0. The predicted molar refractivity (Wildman–Crippen MR) is 543 cm³/mol. The van der Waals surface area contributed by atoms with E-state index in [0.29, 0.717) is 19.6 Å². The van der Waals surface area contributed by atoms with Crippen LogP contribution in [0.1, 0.15) is 375 Å². The zero-order chi connectivity index (χ0) is 91.2. The average Bonchev–Trinajstić information content (AvgIpc) is 0.719. The molecule has 0 amide bonds. The lowest BCUT2D eigenvalue weighted by atomic mass is 9.74. The highest BCUT2D eigenvalue weighted by Gasteiger charge is 2.42. The van der Waals surface area contributed by atoms with Gasteiger partial charge < -0.3 is 53.8 Å². The summed E-state index contributed by atoms with van der Waals surface area (Å²) in [5, 5.41) is 39.9. The minimum absolute atomic E-state index is 0.0495. The van der Waals surface area contributed by atoms with Gasteiger partial charge in [0.05, 0.1) is 50.8 Å². The van der Waals surface area contributed by atoms with Gasteiger partial charge in [-0.1, -0.05) is 313 Å². The maximum Gasteiger partial charge on any atom is 0.230 e. The number of benzene rings is 10. The third-order valence-corrected chi connectivity index (χ3v) is 27.8. The first-order valence-corrected chi connectivity index (χ1v) is 51.5. The van der Waals surface area contributed by atoms with Gasteiger partial charge in [0.2, 0.25) is 27.2 Å². The molecule has 1 aliphatic carbocycles. The molecule has 4 heterocycles.